The molecule has 3 N–H and O–H groups in total. The Morgan fingerprint density at radius 3 is 3.00 bits per heavy atom. The third-order valence-corrected chi connectivity index (χ3v) is 1.74. The van der Waals surface area contributed by atoms with Crippen molar-refractivity contribution in [3.8, 4) is 0 Å². The maximum Gasteiger partial charge on any atom is 0.0625 e. The lowest BCUT2D eigenvalue weighted by Gasteiger charge is -2.08. The van der Waals surface area contributed by atoms with E-state index in [0.717, 1.165) is 0 Å². The van der Waals surface area contributed by atoms with Gasteiger partial charge in [-0.1, -0.05) is 11.6 Å². The summed E-state index contributed by atoms with van der Waals surface area (Å²) in [4.78, 5) is 3.84. The second kappa shape index (κ2) is 3.67. The van der Waals surface area contributed by atoms with E-state index < -0.39 is 6.04 Å². The fourth-order valence-electron chi connectivity index (χ4n) is 0.761. The van der Waals surface area contributed by atoms with E-state index in [1.807, 2.05) is 0 Å². The minimum absolute atomic E-state index is 0.120. The van der Waals surface area contributed by atoms with Gasteiger partial charge in [0.15, 0.2) is 0 Å². The molecule has 0 saturated heterocycles. The van der Waals surface area contributed by atoms with Crippen molar-refractivity contribution in [3.63, 3.8) is 0 Å². The molecule has 0 fully saturated rings. The Morgan fingerprint density at radius 1 is 1.73 bits per heavy atom. The standard InChI is InChI=1S/C7H9ClN2O/c8-6-1-2-10-3-5(6)7(9)4-11/h1-3,7,11H,4,9H2. The molecule has 0 spiro atoms. The van der Waals surface area contributed by atoms with Gasteiger partial charge in [-0.25, -0.2) is 0 Å². The first kappa shape index (κ1) is 8.46. The summed E-state index contributed by atoms with van der Waals surface area (Å²) >= 11 is 5.77. The molecule has 1 aromatic heterocycles. The van der Waals surface area contributed by atoms with Crippen LogP contribution in [0.4, 0.5) is 0 Å². The molecule has 0 aliphatic carbocycles. The monoisotopic (exact) mass is 172 g/mol. The fourth-order valence-corrected chi connectivity index (χ4v) is 1.01. The van der Waals surface area contributed by atoms with Gasteiger partial charge >= 0.3 is 0 Å². The van der Waals surface area contributed by atoms with Crippen LogP contribution >= 0.6 is 11.6 Å². The van der Waals surface area contributed by atoms with Crippen molar-refractivity contribution in [3.05, 3.63) is 29.0 Å². The van der Waals surface area contributed by atoms with E-state index in [2.05, 4.69) is 4.98 Å². The Labute approximate surface area is 69.8 Å². The number of pyridine rings is 1. The summed E-state index contributed by atoms with van der Waals surface area (Å²) in [5, 5.41) is 9.24. The minimum atomic E-state index is -0.434. The number of halogens is 1. The summed E-state index contributed by atoms with van der Waals surface area (Å²) in [6, 6.07) is 1.21. The first-order chi connectivity index (χ1) is 5.25. The molecule has 0 aliphatic rings. The maximum absolute atomic E-state index is 8.70. The molecule has 1 rings (SSSR count). The van der Waals surface area contributed by atoms with Crippen molar-refractivity contribution >= 4 is 11.6 Å². The van der Waals surface area contributed by atoms with E-state index >= 15 is 0 Å². The Hall–Kier alpha value is -0.640. The molecule has 11 heavy (non-hydrogen) atoms. The van der Waals surface area contributed by atoms with Crippen molar-refractivity contribution in [2.45, 2.75) is 6.04 Å². The molecule has 1 heterocycles. The summed E-state index contributed by atoms with van der Waals surface area (Å²) in [6.45, 7) is -0.120. The van der Waals surface area contributed by atoms with Crippen LogP contribution in [-0.4, -0.2) is 16.7 Å². The number of aliphatic hydroxyl groups excluding tert-OH is 1. The summed E-state index contributed by atoms with van der Waals surface area (Å²) in [6.07, 6.45) is 3.14. The lowest BCUT2D eigenvalue weighted by atomic mass is 10.1. The predicted molar refractivity (Wildman–Crippen MR) is 43.3 cm³/mol. The fraction of sp³-hybridized carbons (Fsp3) is 0.286. The van der Waals surface area contributed by atoms with Gasteiger partial charge in [0.1, 0.15) is 0 Å². The highest BCUT2D eigenvalue weighted by molar-refractivity contribution is 6.31. The number of nitrogens with zero attached hydrogens (tertiary/aromatic N) is 1. The highest BCUT2D eigenvalue weighted by Crippen LogP contribution is 2.18. The molecule has 0 saturated carbocycles. The van der Waals surface area contributed by atoms with E-state index in [-0.39, 0.29) is 6.61 Å². The van der Waals surface area contributed by atoms with Gasteiger partial charge in [0.2, 0.25) is 0 Å². The van der Waals surface area contributed by atoms with Crippen LogP contribution in [0.3, 0.4) is 0 Å². The van der Waals surface area contributed by atoms with E-state index in [4.69, 9.17) is 22.4 Å². The van der Waals surface area contributed by atoms with E-state index in [1.165, 1.54) is 0 Å². The van der Waals surface area contributed by atoms with Gasteiger partial charge in [-0.2, -0.15) is 0 Å². The lowest BCUT2D eigenvalue weighted by Crippen LogP contribution is -2.14. The number of hydrogen-bond acceptors (Lipinski definition) is 3. The number of hydrogen-bond donors (Lipinski definition) is 2. The van der Waals surface area contributed by atoms with Crippen LogP contribution in [0.25, 0.3) is 0 Å². The Balaban J connectivity index is 2.93. The molecule has 0 aliphatic heterocycles. The van der Waals surface area contributed by atoms with Crippen molar-refractivity contribution in [2.75, 3.05) is 6.61 Å². The first-order valence-corrected chi connectivity index (χ1v) is 3.59. The van der Waals surface area contributed by atoms with Crippen LogP contribution < -0.4 is 5.73 Å². The average Bonchev–Trinajstić information content (AvgIpc) is 2.04. The van der Waals surface area contributed by atoms with Crippen LogP contribution in [0.1, 0.15) is 11.6 Å². The summed E-state index contributed by atoms with van der Waals surface area (Å²) in [7, 11) is 0. The van der Waals surface area contributed by atoms with Gasteiger partial charge in [0.05, 0.1) is 12.6 Å². The van der Waals surface area contributed by atoms with Gasteiger partial charge in [-0.3, -0.25) is 4.98 Å². The van der Waals surface area contributed by atoms with Crippen LogP contribution in [0.5, 0.6) is 0 Å². The molecular weight excluding hydrogens is 164 g/mol. The van der Waals surface area contributed by atoms with E-state index in [0.29, 0.717) is 10.6 Å². The molecule has 0 radical (unpaired) electrons. The van der Waals surface area contributed by atoms with E-state index in [9.17, 15) is 0 Å². The van der Waals surface area contributed by atoms with Crippen LogP contribution in [0.2, 0.25) is 5.02 Å². The zero-order chi connectivity index (χ0) is 8.27. The van der Waals surface area contributed by atoms with Crippen LogP contribution in [-0.2, 0) is 0 Å². The van der Waals surface area contributed by atoms with Gasteiger partial charge in [0, 0.05) is 23.0 Å². The summed E-state index contributed by atoms with van der Waals surface area (Å²) in [5.74, 6) is 0. The van der Waals surface area contributed by atoms with Gasteiger partial charge in [-0.05, 0) is 6.07 Å². The topological polar surface area (TPSA) is 59.1 Å². The zero-order valence-corrected chi connectivity index (χ0v) is 6.62. The SMILES string of the molecule is NC(CO)c1cnccc1Cl. The number of rotatable bonds is 2. The van der Waals surface area contributed by atoms with Gasteiger partial charge < -0.3 is 10.8 Å². The second-order valence-corrected chi connectivity index (χ2v) is 2.59. The maximum atomic E-state index is 8.70. The molecule has 1 aromatic rings. The molecule has 60 valence electrons. The summed E-state index contributed by atoms with van der Waals surface area (Å²) in [5.41, 5.74) is 6.20. The molecule has 4 heteroatoms. The summed E-state index contributed by atoms with van der Waals surface area (Å²) < 4.78 is 0. The van der Waals surface area contributed by atoms with Crippen molar-refractivity contribution in [1.29, 1.82) is 0 Å². The number of aromatic nitrogens is 1. The third kappa shape index (κ3) is 1.89. The van der Waals surface area contributed by atoms with Crippen molar-refractivity contribution < 1.29 is 5.11 Å². The molecule has 1 atom stereocenters. The number of aliphatic hydroxyl groups is 1. The average molecular weight is 173 g/mol. The molecule has 1 unspecified atom stereocenters. The Kier molecular flexibility index (Phi) is 2.82. The lowest BCUT2D eigenvalue weighted by molar-refractivity contribution is 0.268. The van der Waals surface area contributed by atoms with Crippen LogP contribution in [0.15, 0.2) is 18.5 Å². The van der Waals surface area contributed by atoms with Gasteiger partial charge in [0.25, 0.3) is 0 Å². The molecule has 0 amide bonds. The van der Waals surface area contributed by atoms with Crippen molar-refractivity contribution in [1.82, 2.24) is 4.98 Å². The predicted octanol–water partition coefficient (Wildman–Crippen LogP) is 0.727. The Morgan fingerprint density at radius 2 is 2.45 bits per heavy atom. The minimum Gasteiger partial charge on any atom is -0.394 e. The molecule has 0 aromatic carbocycles. The number of nitrogens with two attached hydrogens (primary N) is 1. The molecular formula is C7H9ClN2O. The molecule has 0 bridgehead atoms. The smallest absolute Gasteiger partial charge is 0.0625 e. The second-order valence-electron chi connectivity index (χ2n) is 2.19. The third-order valence-electron chi connectivity index (χ3n) is 1.39. The van der Waals surface area contributed by atoms with Crippen LogP contribution in [0, 0.1) is 0 Å². The zero-order valence-electron chi connectivity index (χ0n) is 5.87. The van der Waals surface area contributed by atoms with E-state index in [1.54, 1.807) is 18.5 Å². The van der Waals surface area contributed by atoms with Gasteiger partial charge in [-0.15, -0.1) is 0 Å². The first-order valence-electron chi connectivity index (χ1n) is 3.21. The normalized spacial score (nSPS) is 13.0. The van der Waals surface area contributed by atoms with Crippen molar-refractivity contribution in [2.24, 2.45) is 5.73 Å². The Bertz CT molecular complexity index is 242. The highest BCUT2D eigenvalue weighted by Gasteiger charge is 2.07. The molecule has 3 nitrogen and oxygen atoms in total. The quantitative estimate of drug-likeness (QED) is 0.692. The highest BCUT2D eigenvalue weighted by atomic mass is 35.5. The largest absolute Gasteiger partial charge is 0.394 e.